The van der Waals surface area contributed by atoms with Crippen LogP contribution in [0.2, 0.25) is 0 Å². The summed E-state index contributed by atoms with van der Waals surface area (Å²) in [6.07, 6.45) is 6.91. The zero-order valence-corrected chi connectivity index (χ0v) is 22.6. The van der Waals surface area contributed by atoms with Crippen LogP contribution >= 0.6 is 0 Å². The predicted octanol–water partition coefficient (Wildman–Crippen LogP) is 2.92. The molecule has 0 spiro atoms. The molecule has 4 nitrogen and oxygen atoms in total. The maximum atomic E-state index is 2.38. The van der Waals surface area contributed by atoms with E-state index in [-0.39, 0.29) is 0 Å². The summed E-state index contributed by atoms with van der Waals surface area (Å²) >= 11 is 0. The van der Waals surface area contributed by atoms with E-state index >= 15 is 0 Å². The molecule has 10 aliphatic heterocycles. The Morgan fingerprint density at radius 2 is 0.500 bits per heavy atom. The summed E-state index contributed by atoms with van der Waals surface area (Å²) in [5.41, 5.74) is 10.9. The van der Waals surface area contributed by atoms with Crippen LogP contribution in [0.5, 0.6) is 0 Å². The largest absolute Gasteiger partial charge is 0.314 e. The number of nitrogens with two attached hydrogens (primary N) is 4. The van der Waals surface area contributed by atoms with Gasteiger partial charge in [-0.15, -0.1) is 0 Å². The standard InChI is InChI=1S/C34H40N4/c1-2-22-36-32-15-7-28(8-16-32)26-30-11-19-34(20-12-30)38-24-4-3-23-37-33-17-9-29(10-18-33)25-27-5-13-31(14-6-27)35-21-1/h5-20,35-38H,1-4,21-26H2/p+4. The van der Waals surface area contributed by atoms with Gasteiger partial charge in [0.05, 0.1) is 26.2 Å². The first kappa shape index (κ1) is 26.3. The van der Waals surface area contributed by atoms with Crippen LogP contribution in [0.1, 0.15) is 47.9 Å². The molecule has 10 aliphatic rings. The number of rotatable bonds is 0. The third kappa shape index (κ3) is 8.37. The molecule has 196 valence electrons. The van der Waals surface area contributed by atoms with E-state index < -0.39 is 0 Å². The Bertz CT molecular complexity index is 1030. The molecule has 4 heteroatoms. The average Bonchev–Trinajstić information content (AvgIpc) is 2.95. The van der Waals surface area contributed by atoms with Crippen LogP contribution in [0.25, 0.3) is 0 Å². The van der Waals surface area contributed by atoms with Gasteiger partial charge in [-0.2, -0.15) is 0 Å². The highest BCUT2D eigenvalue weighted by molar-refractivity contribution is 5.38. The van der Waals surface area contributed by atoms with Gasteiger partial charge in [0.2, 0.25) is 0 Å². The molecule has 4 aromatic carbocycles. The van der Waals surface area contributed by atoms with Gasteiger partial charge in [-0.3, -0.25) is 0 Å². The van der Waals surface area contributed by atoms with E-state index in [2.05, 4.69) is 118 Å². The van der Waals surface area contributed by atoms with Crippen molar-refractivity contribution >= 4 is 22.7 Å². The molecule has 4 aromatic rings. The molecule has 0 radical (unpaired) electrons. The average molecular weight is 509 g/mol. The Kier molecular flexibility index (Phi) is 9.72. The first-order chi connectivity index (χ1) is 18.8. The molecule has 8 bridgehead atoms. The zero-order chi connectivity index (χ0) is 25.8. The molecule has 0 saturated carbocycles. The van der Waals surface area contributed by atoms with Crippen LogP contribution in [-0.2, 0) is 12.8 Å². The number of quaternary nitrogens is 4. The summed E-state index contributed by atoms with van der Waals surface area (Å²) in [6.45, 7) is 4.56. The first-order valence-electron chi connectivity index (χ1n) is 14.5. The molecule has 0 fully saturated rings. The molecule has 0 aliphatic carbocycles. The third-order valence-corrected chi connectivity index (χ3v) is 7.57. The first-order valence-corrected chi connectivity index (χ1v) is 14.5. The molecule has 0 aromatic heterocycles. The van der Waals surface area contributed by atoms with Crippen LogP contribution in [0.4, 0.5) is 22.7 Å². The monoisotopic (exact) mass is 508 g/mol. The van der Waals surface area contributed by atoms with E-state index in [1.807, 2.05) is 0 Å². The molecule has 8 N–H and O–H groups in total. The molecular weight excluding hydrogens is 464 g/mol. The quantitative estimate of drug-likeness (QED) is 0.264. The highest BCUT2D eigenvalue weighted by Gasteiger charge is 2.05. The van der Waals surface area contributed by atoms with E-state index in [9.17, 15) is 0 Å². The number of hydrogen-bond acceptors (Lipinski definition) is 0. The molecule has 38 heavy (non-hydrogen) atoms. The predicted molar refractivity (Wildman–Crippen MR) is 156 cm³/mol. The van der Waals surface area contributed by atoms with Gasteiger partial charge in [-0.05, 0) is 83.6 Å². The smallest absolute Gasteiger partial charge is 0.129 e. The van der Waals surface area contributed by atoms with E-state index in [1.165, 1.54) is 70.7 Å². The second-order valence-corrected chi connectivity index (χ2v) is 10.7. The van der Waals surface area contributed by atoms with Gasteiger partial charge in [0, 0.05) is 25.7 Å². The summed E-state index contributed by atoms with van der Waals surface area (Å²) in [5, 5.41) is 9.53. The summed E-state index contributed by atoms with van der Waals surface area (Å²) in [7, 11) is 0. The Balaban J connectivity index is 1.19. The lowest BCUT2D eigenvalue weighted by molar-refractivity contribution is -0.583. The lowest BCUT2D eigenvalue weighted by Crippen LogP contribution is -2.79. The Morgan fingerprint density at radius 3 is 0.711 bits per heavy atom. The second-order valence-electron chi connectivity index (χ2n) is 10.7. The second kappa shape index (κ2) is 14.0. The normalized spacial score (nSPS) is 16.0. The highest BCUT2D eigenvalue weighted by atomic mass is 14.9. The van der Waals surface area contributed by atoms with Crippen LogP contribution in [0, 0.1) is 0 Å². The van der Waals surface area contributed by atoms with E-state index in [1.54, 1.807) is 0 Å². The lowest BCUT2D eigenvalue weighted by atomic mass is 10.0. The van der Waals surface area contributed by atoms with Gasteiger partial charge in [0.15, 0.2) is 0 Å². The fourth-order valence-electron chi connectivity index (χ4n) is 5.21. The molecule has 0 saturated heterocycles. The van der Waals surface area contributed by atoms with Crippen molar-refractivity contribution in [1.82, 2.24) is 0 Å². The number of benzene rings is 4. The van der Waals surface area contributed by atoms with Crippen LogP contribution in [0.3, 0.4) is 0 Å². The molecule has 0 atom stereocenters. The van der Waals surface area contributed by atoms with Crippen molar-refractivity contribution in [2.24, 2.45) is 0 Å². The molecule has 14 rings (SSSR count). The number of hydrogen-bond donors (Lipinski definition) is 4. The lowest BCUT2D eigenvalue weighted by Gasteiger charge is -2.07. The van der Waals surface area contributed by atoms with Crippen molar-refractivity contribution in [3.63, 3.8) is 0 Å². The summed E-state index contributed by atoms with van der Waals surface area (Å²) < 4.78 is 0. The minimum atomic E-state index is 0.994. The minimum absolute atomic E-state index is 0.994. The van der Waals surface area contributed by atoms with Crippen molar-refractivity contribution < 1.29 is 21.3 Å². The van der Waals surface area contributed by atoms with Gasteiger partial charge in [0.1, 0.15) is 22.7 Å². The summed E-state index contributed by atoms with van der Waals surface area (Å²) in [4.78, 5) is 0. The summed E-state index contributed by atoms with van der Waals surface area (Å²) in [6, 6.07) is 36.5. The van der Waals surface area contributed by atoms with Gasteiger partial charge in [0.25, 0.3) is 0 Å². The van der Waals surface area contributed by atoms with Crippen LogP contribution < -0.4 is 21.3 Å². The van der Waals surface area contributed by atoms with E-state index in [4.69, 9.17) is 0 Å². The van der Waals surface area contributed by atoms with Crippen molar-refractivity contribution in [3.05, 3.63) is 119 Å². The van der Waals surface area contributed by atoms with E-state index in [0.717, 1.165) is 39.0 Å². The van der Waals surface area contributed by atoms with Crippen LogP contribution in [-0.4, -0.2) is 26.2 Å². The van der Waals surface area contributed by atoms with Crippen molar-refractivity contribution in [1.29, 1.82) is 0 Å². The van der Waals surface area contributed by atoms with Crippen molar-refractivity contribution in [3.8, 4) is 0 Å². The zero-order valence-electron chi connectivity index (χ0n) is 22.6. The molecule has 0 amide bonds. The summed E-state index contributed by atoms with van der Waals surface area (Å²) in [5.74, 6) is 0. The fourth-order valence-corrected chi connectivity index (χ4v) is 5.21. The fraction of sp³-hybridized carbons (Fsp3) is 0.294. The molecule has 10 heterocycles. The Morgan fingerprint density at radius 1 is 0.289 bits per heavy atom. The van der Waals surface area contributed by atoms with E-state index in [0.29, 0.717) is 0 Å². The maximum Gasteiger partial charge on any atom is 0.129 e. The van der Waals surface area contributed by atoms with Gasteiger partial charge in [-0.1, -0.05) is 48.5 Å². The van der Waals surface area contributed by atoms with Gasteiger partial charge in [-0.25, -0.2) is 0 Å². The third-order valence-electron chi connectivity index (χ3n) is 7.57. The van der Waals surface area contributed by atoms with Gasteiger partial charge >= 0.3 is 0 Å². The highest BCUT2D eigenvalue weighted by Crippen LogP contribution is 2.14. The molecule has 0 unspecified atom stereocenters. The van der Waals surface area contributed by atoms with Crippen molar-refractivity contribution in [2.75, 3.05) is 26.2 Å². The molecular formula is C34H44N4+4. The van der Waals surface area contributed by atoms with Crippen molar-refractivity contribution in [2.45, 2.75) is 38.5 Å². The Hall–Kier alpha value is -3.28. The maximum absolute atomic E-state index is 2.38. The van der Waals surface area contributed by atoms with Crippen LogP contribution in [0.15, 0.2) is 97.1 Å². The SMILES string of the molecule is c1cc2ccc1Cc1ccc(cc1)[NH2+]CCCC[NH2+]c1ccc(cc1)Cc1ccc(cc1)[NH2+]CCCC[NH2+]2. The van der Waals surface area contributed by atoms with Gasteiger partial charge < -0.3 is 21.3 Å². The topological polar surface area (TPSA) is 66.4 Å². The minimum Gasteiger partial charge on any atom is -0.314 e. The Labute approximate surface area is 227 Å².